The van der Waals surface area contributed by atoms with Crippen LogP contribution in [-0.2, 0) is 0 Å². The highest BCUT2D eigenvalue weighted by molar-refractivity contribution is 7.20. The normalized spacial score (nSPS) is 10.8. The minimum atomic E-state index is -0.917. The first-order chi connectivity index (χ1) is 9.45. The Morgan fingerprint density at radius 2 is 2.20 bits per heavy atom. The van der Waals surface area contributed by atoms with Gasteiger partial charge in [0.05, 0.1) is 5.39 Å². The summed E-state index contributed by atoms with van der Waals surface area (Å²) in [6.45, 7) is 11.2. The second-order valence-electron chi connectivity index (χ2n) is 4.71. The maximum Gasteiger partial charge on any atom is 0.346 e. The number of fused-ring (bicyclic) bond motifs is 1. The van der Waals surface area contributed by atoms with Crippen LogP contribution >= 0.6 is 11.3 Å². The number of carboxylic acid groups (broad SMARTS) is 1. The molecular formula is C14H17N3O2S. The molecule has 2 aromatic heterocycles. The van der Waals surface area contributed by atoms with E-state index in [1.54, 1.807) is 0 Å². The molecule has 0 aliphatic heterocycles. The first-order valence-electron chi connectivity index (χ1n) is 6.32. The first kappa shape index (κ1) is 14.5. The Bertz CT molecular complexity index is 678. The Hall–Kier alpha value is -1.95. The van der Waals surface area contributed by atoms with Gasteiger partial charge in [-0.3, -0.25) is 0 Å². The van der Waals surface area contributed by atoms with Crippen molar-refractivity contribution < 1.29 is 9.90 Å². The number of aromatic nitrogens is 2. The van der Waals surface area contributed by atoms with Gasteiger partial charge in [-0.15, -0.1) is 11.3 Å². The summed E-state index contributed by atoms with van der Waals surface area (Å²) in [5.74, 6) is -0.138. The van der Waals surface area contributed by atoms with Crippen LogP contribution in [0.25, 0.3) is 10.2 Å². The molecule has 0 amide bonds. The molecule has 5 nitrogen and oxygen atoms in total. The first-order valence-corrected chi connectivity index (χ1v) is 7.14. The maximum atomic E-state index is 11.3. The van der Waals surface area contributed by atoms with Crippen LogP contribution in [0.15, 0.2) is 18.5 Å². The van der Waals surface area contributed by atoms with E-state index in [-0.39, 0.29) is 0 Å². The number of aryl methyl sites for hydroxylation is 1. The third-order valence-electron chi connectivity index (χ3n) is 3.04. The van der Waals surface area contributed by atoms with Crippen LogP contribution in [0.4, 0.5) is 5.82 Å². The summed E-state index contributed by atoms with van der Waals surface area (Å²) in [4.78, 5) is 22.9. The van der Waals surface area contributed by atoms with E-state index in [1.807, 2.05) is 20.8 Å². The molecule has 0 saturated carbocycles. The Morgan fingerprint density at radius 3 is 2.75 bits per heavy atom. The number of hydrogen-bond acceptors (Lipinski definition) is 5. The molecule has 0 aromatic carbocycles. The fourth-order valence-corrected chi connectivity index (χ4v) is 3.14. The number of aromatic carboxylic acids is 1. The van der Waals surface area contributed by atoms with E-state index in [0.717, 1.165) is 28.9 Å². The summed E-state index contributed by atoms with van der Waals surface area (Å²) in [6.07, 6.45) is 1.49. The van der Waals surface area contributed by atoms with Crippen molar-refractivity contribution in [1.82, 2.24) is 9.97 Å². The molecule has 2 aromatic rings. The molecule has 0 saturated heterocycles. The number of thiophene rings is 1. The summed E-state index contributed by atoms with van der Waals surface area (Å²) >= 11 is 1.19. The predicted octanol–water partition coefficient (Wildman–Crippen LogP) is 3.10. The maximum absolute atomic E-state index is 11.3. The van der Waals surface area contributed by atoms with Crippen molar-refractivity contribution in [3.8, 4) is 0 Å². The Kier molecular flexibility index (Phi) is 4.04. The Morgan fingerprint density at radius 1 is 1.50 bits per heavy atom. The Labute approximate surface area is 121 Å². The smallest absolute Gasteiger partial charge is 0.346 e. The molecule has 0 radical (unpaired) electrons. The van der Waals surface area contributed by atoms with Gasteiger partial charge in [-0.1, -0.05) is 12.2 Å². The molecule has 106 valence electrons. The molecule has 2 heterocycles. The minimum Gasteiger partial charge on any atom is -0.477 e. The van der Waals surface area contributed by atoms with Gasteiger partial charge in [-0.05, 0) is 26.3 Å². The highest BCUT2D eigenvalue weighted by Gasteiger charge is 2.20. The van der Waals surface area contributed by atoms with Crippen LogP contribution < -0.4 is 4.90 Å². The molecule has 0 atom stereocenters. The molecule has 1 N–H and O–H groups in total. The molecule has 0 unspecified atom stereocenters. The van der Waals surface area contributed by atoms with Crippen LogP contribution in [0, 0.1) is 6.92 Å². The van der Waals surface area contributed by atoms with Crippen LogP contribution in [0.2, 0.25) is 0 Å². The van der Waals surface area contributed by atoms with Gasteiger partial charge in [-0.25, -0.2) is 14.8 Å². The van der Waals surface area contributed by atoms with Crippen LogP contribution in [0.1, 0.15) is 29.1 Å². The van der Waals surface area contributed by atoms with Gasteiger partial charge in [0.1, 0.15) is 21.9 Å². The van der Waals surface area contributed by atoms with E-state index < -0.39 is 5.97 Å². The standard InChI is InChI=1S/C14H17N3O2S/c1-5-17(6-8(2)3)12-10-9(4)11(14(18)19)20-13(10)16-7-15-12/h7H,2,5-6H2,1,3-4H3,(H,18,19). The van der Waals surface area contributed by atoms with Crippen LogP contribution in [0.3, 0.4) is 0 Å². The molecule has 2 rings (SSSR count). The lowest BCUT2D eigenvalue weighted by molar-refractivity contribution is 0.0701. The molecule has 0 aliphatic carbocycles. The summed E-state index contributed by atoms with van der Waals surface area (Å²) < 4.78 is 0. The highest BCUT2D eigenvalue weighted by atomic mass is 32.1. The zero-order valence-electron chi connectivity index (χ0n) is 11.8. The van der Waals surface area contributed by atoms with Crippen molar-refractivity contribution in [3.63, 3.8) is 0 Å². The zero-order chi connectivity index (χ0) is 14.9. The molecule has 0 spiro atoms. The minimum absolute atomic E-state index is 0.327. The third kappa shape index (κ3) is 2.51. The fraction of sp³-hybridized carbons (Fsp3) is 0.357. The predicted molar refractivity (Wildman–Crippen MR) is 81.8 cm³/mol. The largest absolute Gasteiger partial charge is 0.477 e. The monoisotopic (exact) mass is 291 g/mol. The number of likely N-dealkylation sites (N-methyl/N-ethyl adjacent to an activating group) is 1. The van der Waals surface area contributed by atoms with Crippen molar-refractivity contribution in [2.45, 2.75) is 20.8 Å². The lowest BCUT2D eigenvalue weighted by Crippen LogP contribution is -2.25. The van der Waals surface area contributed by atoms with E-state index in [2.05, 4.69) is 21.4 Å². The molecule has 0 bridgehead atoms. The van der Waals surface area contributed by atoms with Crippen molar-refractivity contribution in [3.05, 3.63) is 28.9 Å². The molecule has 20 heavy (non-hydrogen) atoms. The van der Waals surface area contributed by atoms with Gasteiger partial charge < -0.3 is 10.0 Å². The van der Waals surface area contributed by atoms with Crippen molar-refractivity contribution in [1.29, 1.82) is 0 Å². The van der Waals surface area contributed by atoms with Crippen molar-refractivity contribution >= 4 is 33.3 Å². The van der Waals surface area contributed by atoms with Gasteiger partial charge in [0.2, 0.25) is 0 Å². The summed E-state index contributed by atoms with van der Waals surface area (Å²) in [5.41, 5.74) is 1.76. The number of nitrogens with zero attached hydrogens (tertiary/aromatic N) is 3. The molecule has 0 fully saturated rings. The van der Waals surface area contributed by atoms with Crippen LogP contribution in [0.5, 0.6) is 0 Å². The van der Waals surface area contributed by atoms with Crippen LogP contribution in [-0.4, -0.2) is 34.1 Å². The number of rotatable bonds is 5. The van der Waals surface area contributed by atoms with Gasteiger partial charge in [-0.2, -0.15) is 0 Å². The average Bonchev–Trinajstić information content (AvgIpc) is 2.73. The van der Waals surface area contributed by atoms with Gasteiger partial charge in [0, 0.05) is 13.1 Å². The van der Waals surface area contributed by atoms with E-state index in [9.17, 15) is 9.90 Å². The summed E-state index contributed by atoms with van der Waals surface area (Å²) in [5, 5.41) is 10.1. The number of carbonyl (C=O) groups is 1. The lowest BCUT2D eigenvalue weighted by atomic mass is 10.2. The van der Waals surface area contributed by atoms with Gasteiger partial charge >= 0.3 is 5.97 Å². The third-order valence-corrected chi connectivity index (χ3v) is 4.23. The zero-order valence-corrected chi connectivity index (χ0v) is 12.6. The Balaban J connectivity index is 2.64. The second-order valence-corrected chi connectivity index (χ2v) is 5.71. The number of anilines is 1. The van der Waals surface area contributed by atoms with Gasteiger partial charge in [0.25, 0.3) is 0 Å². The number of hydrogen-bond donors (Lipinski definition) is 1. The summed E-state index contributed by atoms with van der Waals surface area (Å²) in [6, 6.07) is 0. The average molecular weight is 291 g/mol. The van der Waals surface area contributed by atoms with Crippen molar-refractivity contribution in [2.24, 2.45) is 0 Å². The quantitative estimate of drug-likeness (QED) is 0.857. The SMILES string of the molecule is C=C(C)CN(CC)c1ncnc2sc(C(=O)O)c(C)c12. The molecule has 6 heteroatoms. The second kappa shape index (κ2) is 5.58. The van der Waals surface area contributed by atoms with E-state index >= 15 is 0 Å². The van der Waals surface area contributed by atoms with Crippen molar-refractivity contribution in [2.75, 3.05) is 18.0 Å². The molecule has 0 aliphatic rings. The lowest BCUT2D eigenvalue weighted by Gasteiger charge is -2.22. The van der Waals surface area contributed by atoms with E-state index in [1.165, 1.54) is 17.7 Å². The number of carboxylic acids is 1. The summed E-state index contributed by atoms with van der Waals surface area (Å²) in [7, 11) is 0. The highest BCUT2D eigenvalue weighted by Crippen LogP contribution is 2.34. The molecular weight excluding hydrogens is 274 g/mol. The topological polar surface area (TPSA) is 66.3 Å². The van der Waals surface area contributed by atoms with E-state index in [0.29, 0.717) is 16.3 Å². The fourth-order valence-electron chi connectivity index (χ4n) is 2.16. The van der Waals surface area contributed by atoms with E-state index in [4.69, 9.17) is 0 Å². The van der Waals surface area contributed by atoms with Gasteiger partial charge in [0.15, 0.2) is 0 Å².